The van der Waals surface area contributed by atoms with E-state index < -0.39 is 22.8 Å². The number of halogens is 4. The predicted octanol–water partition coefficient (Wildman–Crippen LogP) is 6.53. The standard InChI is InChI=1S/C31H36ClF3N6O4S/c1-20-16-26(38-30-36-18-24(32)29(39-30)37-25-6-4-5-7-27(25)40(2)46(3,42)43)28(45-19-31(33,34)35)17-23(20)21-8-12-41(13-9-21)22-10-14-44-15-11-22/h4-8,16-18,22H,9-15,19H2,1-3H3,(H2,36,37,38,39). The molecule has 0 atom stereocenters. The summed E-state index contributed by atoms with van der Waals surface area (Å²) in [4.78, 5) is 11.1. The van der Waals surface area contributed by atoms with E-state index in [1.54, 1.807) is 36.4 Å². The first-order valence-corrected chi connectivity index (χ1v) is 17.0. The molecule has 15 heteroatoms. The van der Waals surface area contributed by atoms with Crippen LogP contribution in [-0.2, 0) is 14.8 Å². The van der Waals surface area contributed by atoms with E-state index in [0.717, 1.165) is 72.8 Å². The molecular weight excluding hydrogens is 645 g/mol. The Labute approximate surface area is 271 Å². The third-order valence-corrected chi connectivity index (χ3v) is 9.46. The molecule has 0 spiro atoms. The normalized spacial score (nSPS) is 16.5. The maximum Gasteiger partial charge on any atom is 0.422 e. The maximum atomic E-state index is 13.3. The van der Waals surface area contributed by atoms with Crippen LogP contribution in [0.15, 0.2) is 48.7 Å². The largest absolute Gasteiger partial charge is 0.482 e. The second-order valence-corrected chi connectivity index (χ2v) is 13.7. The van der Waals surface area contributed by atoms with E-state index in [1.165, 1.54) is 13.2 Å². The second-order valence-electron chi connectivity index (χ2n) is 11.3. The lowest BCUT2D eigenvalue weighted by atomic mass is 9.93. The van der Waals surface area contributed by atoms with Crippen molar-refractivity contribution in [2.45, 2.75) is 38.4 Å². The van der Waals surface area contributed by atoms with Crippen LogP contribution >= 0.6 is 11.6 Å². The van der Waals surface area contributed by atoms with Gasteiger partial charge in [0.1, 0.15) is 10.8 Å². The van der Waals surface area contributed by atoms with Crippen molar-refractivity contribution in [1.82, 2.24) is 14.9 Å². The van der Waals surface area contributed by atoms with E-state index in [9.17, 15) is 21.6 Å². The van der Waals surface area contributed by atoms with Crippen molar-refractivity contribution in [1.29, 1.82) is 0 Å². The molecule has 0 radical (unpaired) electrons. The van der Waals surface area contributed by atoms with Gasteiger partial charge in [0.05, 0.1) is 29.5 Å². The molecule has 2 aliphatic heterocycles. The van der Waals surface area contributed by atoms with Crippen molar-refractivity contribution in [2.75, 3.05) is 61.2 Å². The fraction of sp³-hybridized carbons (Fsp3) is 0.419. The summed E-state index contributed by atoms with van der Waals surface area (Å²) in [5.41, 5.74) is 3.73. The molecule has 3 aromatic rings. The van der Waals surface area contributed by atoms with E-state index in [1.807, 2.05) is 6.92 Å². The fourth-order valence-corrected chi connectivity index (χ4v) is 6.17. The number of benzene rings is 2. The lowest BCUT2D eigenvalue weighted by Gasteiger charge is -2.36. The summed E-state index contributed by atoms with van der Waals surface area (Å²) in [7, 11) is -2.14. The summed E-state index contributed by atoms with van der Waals surface area (Å²) < 4.78 is 76.1. The van der Waals surface area contributed by atoms with E-state index in [-0.39, 0.29) is 28.2 Å². The van der Waals surface area contributed by atoms with Crippen LogP contribution in [0.3, 0.4) is 0 Å². The van der Waals surface area contributed by atoms with Gasteiger partial charge in [0.15, 0.2) is 12.4 Å². The molecule has 1 aromatic heterocycles. The number of hydrogen-bond donors (Lipinski definition) is 2. The van der Waals surface area contributed by atoms with E-state index in [4.69, 9.17) is 21.1 Å². The zero-order valence-electron chi connectivity index (χ0n) is 25.7. The lowest BCUT2D eigenvalue weighted by molar-refractivity contribution is -0.153. The summed E-state index contributed by atoms with van der Waals surface area (Å²) >= 11 is 6.38. The zero-order chi connectivity index (χ0) is 33.1. The highest BCUT2D eigenvalue weighted by Gasteiger charge is 2.30. The van der Waals surface area contributed by atoms with E-state index >= 15 is 0 Å². The smallest absolute Gasteiger partial charge is 0.422 e. The van der Waals surface area contributed by atoms with Gasteiger partial charge in [-0.05, 0) is 67.2 Å². The van der Waals surface area contributed by atoms with E-state index in [2.05, 4.69) is 31.6 Å². The van der Waals surface area contributed by atoms with Crippen LogP contribution in [0.25, 0.3) is 5.57 Å². The van der Waals surface area contributed by atoms with Crippen molar-refractivity contribution < 1.29 is 31.1 Å². The maximum absolute atomic E-state index is 13.3. The van der Waals surface area contributed by atoms with Crippen molar-refractivity contribution >= 4 is 56.0 Å². The summed E-state index contributed by atoms with van der Waals surface area (Å²) in [5, 5.41) is 6.17. The zero-order valence-corrected chi connectivity index (χ0v) is 27.3. The van der Waals surface area contributed by atoms with Gasteiger partial charge in [-0.3, -0.25) is 9.21 Å². The second kappa shape index (κ2) is 14.0. The Morgan fingerprint density at radius 1 is 1.15 bits per heavy atom. The number of ether oxygens (including phenoxy) is 2. The number of anilines is 5. The van der Waals surface area contributed by atoms with Crippen LogP contribution in [0.1, 0.15) is 30.4 Å². The molecule has 2 aromatic carbocycles. The fourth-order valence-electron chi connectivity index (χ4n) is 5.52. The molecule has 2 N–H and O–H groups in total. The number of hydrogen-bond acceptors (Lipinski definition) is 9. The Morgan fingerprint density at radius 2 is 1.89 bits per heavy atom. The Balaban J connectivity index is 1.41. The number of alkyl halides is 3. The average molecular weight is 681 g/mol. The monoisotopic (exact) mass is 680 g/mol. The van der Waals surface area contributed by atoms with Gasteiger partial charge in [0.2, 0.25) is 16.0 Å². The number of aromatic nitrogens is 2. The van der Waals surface area contributed by atoms with Gasteiger partial charge >= 0.3 is 6.18 Å². The van der Waals surface area contributed by atoms with Gasteiger partial charge in [-0.1, -0.05) is 29.8 Å². The van der Waals surface area contributed by atoms with Gasteiger partial charge in [0, 0.05) is 39.4 Å². The number of aryl methyl sites for hydroxylation is 1. The van der Waals surface area contributed by atoms with Gasteiger partial charge < -0.3 is 20.1 Å². The first-order chi connectivity index (χ1) is 21.8. The van der Waals surface area contributed by atoms with Crippen LogP contribution in [0.4, 0.5) is 42.0 Å². The first kappa shape index (κ1) is 33.8. The highest BCUT2D eigenvalue weighted by atomic mass is 35.5. The van der Waals surface area contributed by atoms with Crippen LogP contribution in [0.5, 0.6) is 5.75 Å². The van der Waals surface area contributed by atoms with Gasteiger partial charge in [-0.2, -0.15) is 18.2 Å². The number of nitrogens with zero attached hydrogens (tertiary/aromatic N) is 4. The minimum atomic E-state index is -4.54. The predicted molar refractivity (Wildman–Crippen MR) is 174 cm³/mol. The molecule has 248 valence electrons. The van der Waals surface area contributed by atoms with Gasteiger partial charge in [-0.15, -0.1) is 0 Å². The number of rotatable bonds is 10. The quantitative estimate of drug-likeness (QED) is 0.247. The molecule has 1 saturated heterocycles. The summed E-state index contributed by atoms with van der Waals surface area (Å²) in [6.07, 6.45) is 2.75. The van der Waals surface area contributed by atoms with Crippen molar-refractivity contribution in [3.63, 3.8) is 0 Å². The highest BCUT2D eigenvalue weighted by molar-refractivity contribution is 7.92. The third kappa shape index (κ3) is 8.41. The van der Waals surface area contributed by atoms with Gasteiger partial charge in [-0.25, -0.2) is 13.4 Å². The molecular formula is C31H36ClF3N6O4S. The van der Waals surface area contributed by atoms with Crippen LogP contribution < -0.4 is 19.7 Å². The van der Waals surface area contributed by atoms with Crippen LogP contribution in [-0.4, -0.2) is 81.7 Å². The minimum absolute atomic E-state index is 0.00105. The van der Waals surface area contributed by atoms with Crippen LogP contribution in [0.2, 0.25) is 5.02 Å². The van der Waals surface area contributed by atoms with E-state index in [0.29, 0.717) is 17.4 Å². The Hall–Kier alpha value is -3.59. The lowest BCUT2D eigenvalue weighted by Crippen LogP contribution is -2.41. The Kier molecular flexibility index (Phi) is 10.3. The molecule has 0 bridgehead atoms. The molecule has 2 aliphatic rings. The summed E-state index contributed by atoms with van der Waals surface area (Å²) in [6.45, 7) is 3.55. The molecule has 0 amide bonds. The van der Waals surface area contributed by atoms with Crippen LogP contribution in [0, 0.1) is 6.92 Å². The molecule has 0 aliphatic carbocycles. The van der Waals surface area contributed by atoms with Crippen molar-refractivity contribution in [3.8, 4) is 5.75 Å². The van der Waals surface area contributed by atoms with Crippen molar-refractivity contribution in [2.24, 2.45) is 0 Å². The molecule has 0 saturated carbocycles. The number of para-hydroxylation sites is 2. The Bertz CT molecular complexity index is 1700. The third-order valence-electron chi connectivity index (χ3n) is 8.00. The molecule has 10 nitrogen and oxygen atoms in total. The average Bonchev–Trinajstić information content (AvgIpc) is 3.02. The summed E-state index contributed by atoms with van der Waals surface area (Å²) in [6, 6.07) is 10.5. The first-order valence-electron chi connectivity index (χ1n) is 14.7. The number of nitrogens with one attached hydrogen (secondary N) is 2. The summed E-state index contributed by atoms with van der Waals surface area (Å²) in [5.74, 6) is 0.189. The molecule has 0 unspecified atom stereocenters. The minimum Gasteiger partial charge on any atom is -0.482 e. The van der Waals surface area contributed by atoms with Crippen molar-refractivity contribution in [3.05, 3.63) is 64.8 Å². The Morgan fingerprint density at radius 3 is 2.57 bits per heavy atom. The highest BCUT2D eigenvalue weighted by Crippen LogP contribution is 2.38. The number of sulfonamides is 1. The molecule has 3 heterocycles. The topological polar surface area (TPSA) is 109 Å². The molecule has 5 rings (SSSR count). The molecule has 46 heavy (non-hydrogen) atoms. The van der Waals surface area contributed by atoms with Gasteiger partial charge in [0.25, 0.3) is 0 Å². The SMILES string of the molecule is Cc1cc(Nc2ncc(Cl)c(Nc3ccccc3N(C)S(C)(=O)=O)n2)c(OCC(F)(F)F)cc1C1=CCN(C2CCOCC2)CC1. The molecule has 1 fully saturated rings.